The van der Waals surface area contributed by atoms with Crippen LogP contribution in [0.15, 0.2) is 23.1 Å². The topological polar surface area (TPSA) is 90.7 Å². The van der Waals surface area contributed by atoms with Gasteiger partial charge in [-0.25, -0.2) is 13.1 Å². The number of methoxy groups -OCH3 is 1. The molecule has 0 saturated carbocycles. The summed E-state index contributed by atoms with van der Waals surface area (Å²) < 4.78 is 37.1. The predicted molar refractivity (Wildman–Crippen MR) is 71.6 cm³/mol. The third kappa shape index (κ3) is 3.37. The van der Waals surface area contributed by atoms with Crippen molar-refractivity contribution in [3.05, 3.63) is 18.2 Å². The van der Waals surface area contributed by atoms with Gasteiger partial charge in [-0.2, -0.15) is 0 Å². The molecule has 7 heteroatoms. The number of anilines is 1. The monoisotopic (exact) mass is 286 g/mol. The molecule has 106 valence electrons. The van der Waals surface area contributed by atoms with Crippen LogP contribution in [0.4, 0.5) is 5.69 Å². The Morgan fingerprint density at radius 3 is 2.89 bits per heavy atom. The van der Waals surface area contributed by atoms with E-state index in [1.54, 1.807) is 0 Å². The molecule has 1 aromatic rings. The predicted octanol–water partition coefficient (Wildman–Crippen LogP) is 0.735. The number of nitrogens with one attached hydrogen (secondary N) is 1. The molecule has 6 nitrogen and oxygen atoms in total. The number of nitrogen functional groups attached to an aromatic ring is 1. The SMILES string of the molecule is COc1ccc(S(=O)(=O)NCC2CCCO2)cc1N. The lowest BCUT2D eigenvalue weighted by atomic mass is 10.2. The highest BCUT2D eigenvalue weighted by molar-refractivity contribution is 7.89. The minimum atomic E-state index is -3.56. The van der Waals surface area contributed by atoms with Gasteiger partial charge in [0.25, 0.3) is 0 Å². The lowest BCUT2D eigenvalue weighted by molar-refractivity contribution is 0.114. The van der Waals surface area contributed by atoms with Crippen molar-refractivity contribution in [2.45, 2.75) is 23.8 Å². The Kier molecular flexibility index (Phi) is 4.28. The van der Waals surface area contributed by atoms with Crippen molar-refractivity contribution in [1.29, 1.82) is 0 Å². The van der Waals surface area contributed by atoms with Crippen LogP contribution in [0.1, 0.15) is 12.8 Å². The van der Waals surface area contributed by atoms with Gasteiger partial charge in [0, 0.05) is 13.2 Å². The van der Waals surface area contributed by atoms with Gasteiger partial charge in [-0.15, -0.1) is 0 Å². The Morgan fingerprint density at radius 2 is 2.32 bits per heavy atom. The molecule has 1 aliphatic heterocycles. The molecule has 1 unspecified atom stereocenters. The van der Waals surface area contributed by atoms with E-state index in [1.165, 1.54) is 25.3 Å². The Balaban J connectivity index is 2.08. The number of hydrogen-bond donors (Lipinski definition) is 2. The Labute approximate surface area is 112 Å². The minimum absolute atomic E-state index is 0.0367. The Bertz CT molecular complexity index is 539. The summed E-state index contributed by atoms with van der Waals surface area (Å²) >= 11 is 0. The third-order valence-corrected chi connectivity index (χ3v) is 4.46. The third-order valence-electron chi connectivity index (χ3n) is 3.04. The largest absolute Gasteiger partial charge is 0.495 e. The first-order chi connectivity index (χ1) is 9.03. The highest BCUT2D eigenvalue weighted by Crippen LogP contribution is 2.24. The van der Waals surface area contributed by atoms with Crippen LogP contribution in [-0.2, 0) is 14.8 Å². The highest BCUT2D eigenvalue weighted by atomic mass is 32.2. The second kappa shape index (κ2) is 5.77. The molecule has 1 saturated heterocycles. The Hall–Kier alpha value is -1.31. The summed E-state index contributed by atoms with van der Waals surface area (Å²) in [6.07, 6.45) is 1.82. The average Bonchev–Trinajstić information content (AvgIpc) is 2.89. The molecule has 2 rings (SSSR count). The van der Waals surface area contributed by atoms with E-state index in [1.807, 2.05) is 0 Å². The van der Waals surface area contributed by atoms with Crippen LogP contribution in [0.5, 0.6) is 5.75 Å². The van der Waals surface area contributed by atoms with Crippen LogP contribution in [0.25, 0.3) is 0 Å². The van der Waals surface area contributed by atoms with Crippen molar-refractivity contribution in [2.75, 3.05) is 26.0 Å². The standard InChI is InChI=1S/C12H18N2O4S/c1-17-12-5-4-10(7-11(12)13)19(15,16)14-8-9-3-2-6-18-9/h4-5,7,9,14H,2-3,6,8,13H2,1H3. The molecule has 0 aliphatic carbocycles. The number of benzene rings is 1. The molecule has 19 heavy (non-hydrogen) atoms. The van der Waals surface area contributed by atoms with E-state index in [9.17, 15) is 8.42 Å². The van der Waals surface area contributed by atoms with Crippen molar-refractivity contribution in [1.82, 2.24) is 4.72 Å². The van der Waals surface area contributed by atoms with Crippen molar-refractivity contribution >= 4 is 15.7 Å². The molecule has 3 N–H and O–H groups in total. The Morgan fingerprint density at radius 1 is 1.53 bits per heavy atom. The zero-order valence-electron chi connectivity index (χ0n) is 10.8. The quantitative estimate of drug-likeness (QED) is 0.779. The van der Waals surface area contributed by atoms with E-state index < -0.39 is 10.0 Å². The maximum absolute atomic E-state index is 12.1. The number of nitrogens with two attached hydrogens (primary N) is 1. The molecule has 1 atom stereocenters. The van der Waals surface area contributed by atoms with Crippen LogP contribution in [0, 0.1) is 0 Å². The number of ether oxygens (including phenoxy) is 2. The van der Waals surface area contributed by atoms with E-state index in [-0.39, 0.29) is 17.5 Å². The van der Waals surface area contributed by atoms with Crippen molar-refractivity contribution in [3.63, 3.8) is 0 Å². The molecule has 1 heterocycles. The van der Waals surface area contributed by atoms with Crippen LogP contribution in [0.3, 0.4) is 0 Å². The molecule has 0 radical (unpaired) electrons. The van der Waals surface area contributed by atoms with Gasteiger partial charge in [-0.3, -0.25) is 0 Å². The summed E-state index contributed by atoms with van der Waals surface area (Å²) in [6, 6.07) is 4.39. The summed E-state index contributed by atoms with van der Waals surface area (Å²) in [5.41, 5.74) is 6.00. The maximum Gasteiger partial charge on any atom is 0.240 e. The van der Waals surface area contributed by atoms with Gasteiger partial charge in [0.15, 0.2) is 0 Å². The second-order valence-corrected chi connectivity index (χ2v) is 6.16. The lowest BCUT2D eigenvalue weighted by Gasteiger charge is -2.12. The molecule has 1 aliphatic rings. The molecular weight excluding hydrogens is 268 g/mol. The van der Waals surface area contributed by atoms with E-state index in [2.05, 4.69) is 4.72 Å². The summed E-state index contributed by atoms with van der Waals surface area (Å²) in [5.74, 6) is 0.457. The summed E-state index contributed by atoms with van der Waals surface area (Å²) in [4.78, 5) is 0.129. The summed E-state index contributed by atoms with van der Waals surface area (Å²) in [7, 11) is -2.08. The van der Waals surface area contributed by atoms with Gasteiger partial charge >= 0.3 is 0 Å². The average molecular weight is 286 g/mol. The zero-order chi connectivity index (χ0) is 13.9. The smallest absolute Gasteiger partial charge is 0.240 e. The molecule has 1 fully saturated rings. The van der Waals surface area contributed by atoms with E-state index in [0.29, 0.717) is 18.0 Å². The van der Waals surface area contributed by atoms with Crippen molar-refractivity contribution in [2.24, 2.45) is 0 Å². The molecule has 0 bridgehead atoms. The van der Waals surface area contributed by atoms with Crippen LogP contribution < -0.4 is 15.2 Å². The first-order valence-corrected chi connectivity index (χ1v) is 7.56. The van der Waals surface area contributed by atoms with Gasteiger partial charge in [-0.1, -0.05) is 0 Å². The van der Waals surface area contributed by atoms with Gasteiger partial charge in [0.1, 0.15) is 5.75 Å². The normalized spacial score (nSPS) is 19.5. The van der Waals surface area contributed by atoms with Crippen LogP contribution >= 0.6 is 0 Å². The van der Waals surface area contributed by atoms with E-state index in [0.717, 1.165) is 12.8 Å². The highest BCUT2D eigenvalue weighted by Gasteiger charge is 2.20. The first kappa shape index (κ1) is 14.1. The second-order valence-electron chi connectivity index (χ2n) is 4.39. The van der Waals surface area contributed by atoms with Crippen LogP contribution in [0.2, 0.25) is 0 Å². The van der Waals surface area contributed by atoms with Gasteiger partial charge in [0.05, 0.1) is 23.8 Å². The number of rotatable bonds is 5. The molecule has 0 amide bonds. The number of hydrogen-bond acceptors (Lipinski definition) is 5. The summed E-state index contributed by atoms with van der Waals surface area (Å²) in [5, 5.41) is 0. The van der Waals surface area contributed by atoms with Crippen molar-refractivity contribution < 1.29 is 17.9 Å². The fourth-order valence-corrected chi connectivity index (χ4v) is 3.07. The van der Waals surface area contributed by atoms with Gasteiger partial charge in [0.2, 0.25) is 10.0 Å². The minimum Gasteiger partial charge on any atom is -0.495 e. The molecular formula is C12H18N2O4S. The zero-order valence-corrected chi connectivity index (χ0v) is 11.6. The first-order valence-electron chi connectivity index (χ1n) is 6.08. The molecule has 0 aromatic heterocycles. The van der Waals surface area contributed by atoms with E-state index >= 15 is 0 Å². The van der Waals surface area contributed by atoms with Gasteiger partial charge in [-0.05, 0) is 31.0 Å². The van der Waals surface area contributed by atoms with E-state index in [4.69, 9.17) is 15.2 Å². The summed E-state index contributed by atoms with van der Waals surface area (Å²) in [6.45, 7) is 0.982. The fraction of sp³-hybridized carbons (Fsp3) is 0.500. The van der Waals surface area contributed by atoms with Crippen LogP contribution in [-0.4, -0.2) is 34.8 Å². The lowest BCUT2D eigenvalue weighted by Crippen LogP contribution is -2.31. The fourth-order valence-electron chi connectivity index (χ4n) is 1.97. The molecule has 0 spiro atoms. The number of sulfonamides is 1. The van der Waals surface area contributed by atoms with Gasteiger partial charge < -0.3 is 15.2 Å². The maximum atomic E-state index is 12.1. The molecule has 1 aromatic carbocycles. The van der Waals surface area contributed by atoms with Crippen molar-refractivity contribution in [3.8, 4) is 5.75 Å².